The first-order chi connectivity index (χ1) is 14.1. The van der Waals surface area contributed by atoms with Gasteiger partial charge < -0.3 is 9.64 Å². The Kier molecular flexibility index (Phi) is 6.63. The van der Waals surface area contributed by atoms with E-state index in [1.54, 1.807) is 11.3 Å². The van der Waals surface area contributed by atoms with Gasteiger partial charge in [-0.1, -0.05) is 38.1 Å². The fraction of sp³-hybridized carbons (Fsp3) is 0.565. The van der Waals surface area contributed by atoms with Crippen LogP contribution in [0.3, 0.4) is 0 Å². The zero-order valence-electron chi connectivity index (χ0n) is 17.5. The molecular weight excluding hydrogens is 382 g/mol. The van der Waals surface area contributed by atoms with Gasteiger partial charge in [0.05, 0.1) is 25.3 Å². The highest BCUT2D eigenvalue weighted by atomic mass is 32.1. The Morgan fingerprint density at radius 3 is 2.52 bits per heavy atom. The minimum absolute atomic E-state index is 0.209. The average molecular weight is 414 g/mol. The fourth-order valence-corrected chi connectivity index (χ4v) is 5.25. The van der Waals surface area contributed by atoms with Crippen LogP contribution in [0.25, 0.3) is 10.6 Å². The Balaban J connectivity index is 1.35. The summed E-state index contributed by atoms with van der Waals surface area (Å²) in [7, 11) is 0. The molecule has 0 saturated carbocycles. The maximum Gasteiger partial charge on any atom is 0.228 e. The van der Waals surface area contributed by atoms with E-state index in [4.69, 9.17) is 9.72 Å². The van der Waals surface area contributed by atoms with Gasteiger partial charge in [-0.2, -0.15) is 0 Å². The minimum Gasteiger partial charge on any atom is -0.379 e. The predicted octanol–water partition coefficient (Wildman–Crippen LogP) is 3.69. The van der Waals surface area contributed by atoms with E-state index >= 15 is 0 Å². The molecular formula is C23H31N3O2S. The van der Waals surface area contributed by atoms with Crippen LogP contribution in [-0.4, -0.2) is 60.1 Å². The number of carbonyl (C=O) groups excluding carboxylic acids is 1. The SMILES string of the molecule is CC1CC(C)CN(C(=O)Cc2csc(-c3ccc(CN4CCOCC4)cc3)n2)C1. The van der Waals surface area contributed by atoms with Crippen LogP contribution >= 0.6 is 11.3 Å². The Labute approximate surface area is 177 Å². The van der Waals surface area contributed by atoms with Crippen molar-refractivity contribution in [2.24, 2.45) is 11.8 Å². The van der Waals surface area contributed by atoms with E-state index in [2.05, 4.69) is 43.0 Å². The fourth-order valence-electron chi connectivity index (χ4n) is 4.42. The maximum absolute atomic E-state index is 12.7. The molecule has 0 spiro atoms. The predicted molar refractivity (Wildman–Crippen MR) is 117 cm³/mol. The summed E-state index contributed by atoms with van der Waals surface area (Å²) in [5, 5.41) is 3.03. The third kappa shape index (κ3) is 5.44. The third-order valence-electron chi connectivity index (χ3n) is 5.82. The Morgan fingerprint density at radius 2 is 1.83 bits per heavy atom. The number of likely N-dealkylation sites (tertiary alicyclic amines) is 1. The smallest absolute Gasteiger partial charge is 0.228 e. The number of benzene rings is 1. The highest BCUT2D eigenvalue weighted by Gasteiger charge is 2.25. The van der Waals surface area contributed by atoms with Gasteiger partial charge in [-0.25, -0.2) is 4.98 Å². The van der Waals surface area contributed by atoms with E-state index in [9.17, 15) is 4.79 Å². The largest absolute Gasteiger partial charge is 0.379 e. The standard InChI is InChI=1S/C23H31N3O2S/c1-17-11-18(2)14-26(13-17)22(27)12-21-16-29-23(24-21)20-5-3-19(4-6-20)15-25-7-9-28-10-8-25/h3-6,16-18H,7-15H2,1-2H3. The van der Waals surface area contributed by atoms with E-state index in [1.165, 1.54) is 12.0 Å². The molecule has 6 heteroatoms. The number of nitrogens with zero attached hydrogens (tertiary/aromatic N) is 3. The summed E-state index contributed by atoms with van der Waals surface area (Å²) in [6.45, 7) is 10.9. The van der Waals surface area contributed by atoms with Crippen molar-refractivity contribution in [2.75, 3.05) is 39.4 Å². The van der Waals surface area contributed by atoms with Crippen LogP contribution in [0.4, 0.5) is 0 Å². The van der Waals surface area contributed by atoms with Gasteiger partial charge >= 0.3 is 0 Å². The zero-order valence-corrected chi connectivity index (χ0v) is 18.3. The van der Waals surface area contributed by atoms with Gasteiger partial charge in [-0.05, 0) is 23.8 Å². The van der Waals surface area contributed by atoms with Crippen LogP contribution in [0.2, 0.25) is 0 Å². The molecule has 2 unspecified atom stereocenters. The molecule has 4 rings (SSSR count). The second kappa shape index (κ2) is 9.37. The van der Waals surface area contributed by atoms with Crippen molar-refractivity contribution in [2.45, 2.75) is 33.2 Å². The summed E-state index contributed by atoms with van der Waals surface area (Å²) < 4.78 is 5.42. The molecule has 1 aromatic carbocycles. The number of amides is 1. The molecule has 2 saturated heterocycles. The van der Waals surface area contributed by atoms with Crippen molar-refractivity contribution in [3.8, 4) is 10.6 Å². The normalized spacial score (nSPS) is 23.3. The quantitative estimate of drug-likeness (QED) is 0.750. The first-order valence-electron chi connectivity index (χ1n) is 10.7. The van der Waals surface area contributed by atoms with Gasteiger partial charge in [0.25, 0.3) is 0 Å². The molecule has 2 atom stereocenters. The summed E-state index contributed by atoms with van der Waals surface area (Å²) in [5.41, 5.74) is 3.33. The highest BCUT2D eigenvalue weighted by Crippen LogP contribution is 2.26. The van der Waals surface area contributed by atoms with Crippen molar-refractivity contribution >= 4 is 17.2 Å². The minimum atomic E-state index is 0.209. The summed E-state index contributed by atoms with van der Waals surface area (Å²) in [4.78, 5) is 21.9. The summed E-state index contributed by atoms with van der Waals surface area (Å²) >= 11 is 1.63. The van der Waals surface area contributed by atoms with Crippen LogP contribution in [-0.2, 0) is 22.5 Å². The van der Waals surface area contributed by atoms with E-state index in [-0.39, 0.29) is 5.91 Å². The average Bonchev–Trinajstić information content (AvgIpc) is 3.17. The third-order valence-corrected chi connectivity index (χ3v) is 6.76. The van der Waals surface area contributed by atoms with Gasteiger partial charge in [0.15, 0.2) is 0 Å². The molecule has 2 aromatic rings. The molecule has 0 N–H and O–H groups in total. The van der Waals surface area contributed by atoms with Crippen LogP contribution in [0.5, 0.6) is 0 Å². The lowest BCUT2D eigenvalue weighted by atomic mass is 9.92. The summed E-state index contributed by atoms with van der Waals surface area (Å²) in [6, 6.07) is 8.67. The van der Waals surface area contributed by atoms with E-state index in [1.807, 2.05) is 10.3 Å². The van der Waals surface area contributed by atoms with Crippen molar-refractivity contribution < 1.29 is 9.53 Å². The number of morpholine rings is 1. The van der Waals surface area contributed by atoms with Gasteiger partial charge in [0, 0.05) is 43.7 Å². The molecule has 0 aliphatic carbocycles. The molecule has 2 aliphatic rings. The molecule has 1 amide bonds. The van der Waals surface area contributed by atoms with Crippen LogP contribution in [0.1, 0.15) is 31.5 Å². The number of hydrogen-bond acceptors (Lipinski definition) is 5. The van der Waals surface area contributed by atoms with Crippen LogP contribution in [0.15, 0.2) is 29.6 Å². The Hall–Kier alpha value is -1.76. The second-order valence-corrected chi connectivity index (χ2v) is 9.51. The second-order valence-electron chi connectivity index (χ2n) is 8.65. The number of thiazole rings is 1. The van der Waals surface area contributed by atoms with Gasteiger partial charge in [0.2, 0.25) is 5.91 Å². The molecule has 2 aliphatic heterocycles. The van der Waals surface area contributed by atoms with Gasteiger partial charge in [-0.3, -0.25) is 9.69 Å². The molecule has 2 fully saturated rings. The number of carbonyl (C=O) groups is 1. The molecule has 29 heavy (non-hydrogen) atoms. The monoisotopic (exact) mass is 413 g/mol. The summed E-state index contributed by atoms with van der Waals surface area (Å²) in [5.74, 6) is 1.38. The topological polar surface area (TPSA) is 45.7 Å². The van der Waals surface area contributed by atoms with Crippen LogP contribution < -0.4 is 0 Å². The number of hydrogen-bond donors (Lipinski definition) is 0. The Morgan fingerprint density at radius 1 is 1.14 bits per heavy atom. The maximum atomic E-state index is 12.7. The highest BCUT2D eigenvalue weighted by molar-refractivity contribution is 7.13. The first-order valence-corrected chi connectivity index (χ1v) is 11.6. The number of ether oxygens (including phenoxy) is 1. The van der Waals surface area contributed by atoms with E-state index in [0.29, 0.717) is 18.3 Å². The van der Waals surface area contributed by atoms with Crippen LogP contribution in [0, 0.1) is 11.8 Å². The lowest BCUT2D eigenvalue weighted by Gasteiger charge is -2.35. The summed E-state index contributed by atoms with van der Waals surface area (Å²) in [6.07, 6.45) is 1.62. The number of aromatic nitrogens is 1. The molecule has 0 radical (unpaired) electrons. The van der Waals surface area contributed by atoms with E-state index < -0.39 is 0 Å². The molecule has 1 aromatic heterocycles. The first kappa shape index (κ1) is 20.5. The lowest BCUT2D eigenvalue weighted by molar-refractivity contribution is -0.133. The van der Waals surface area contributed by atoms with E-state index in [0.717, 1.165) is 62.2 Å². The number of piperidine rings is 1. The Bertz CT molecular complexity index is 804. The lowest BCUT2D eigenvalue weighted by Crippen LogP contribution is -2.43. The number of rotatable bonds is 5. The van der Waals surface area contributed by atoms with Crippen molar-refractivity contribution in [1.29, 1.82) is 0 Å². The van der Waals surface area contributed by atoms with Gasteiger partial charge in [0.1, 0.15) is 5.01 Å². The molecule has 5 nitrogen and oxygen atoms in total. The molecule has 3 heterocycles. The molecule has 156 valence electrons. The zero-order chi connectivity index (χ0) is 20.2. The van der Waals surface area contributed by atoms with Crippen molar-refractivity contribution in [3.05, 3.63) is 40.9 Å². The van der Waals surface area contributed by atoms with Crippen molar-refractivity contribution in [3.63, 3.8) is 0 Å². The van der Waals surface area contributed by atoms with Gasteiger partial charge in [-0.15, -0.1) is 11.3 Å². The molecule has 0 bridgehead atoms. The van der Waals surface area contributed by atoms with Crippen molar-refractivity contribution in [1.82, 2.24) is 14.8 Å².